The zero-order valence-electron chi connectivity index (χ0n) is 10.3. The van der Waals surface area contributed by atoms with Crippen molar-refractivity contribution in [1.29, 1.82) is 0 Å². The quantitative estimate of drug-likeness (QED) is 0.894. The van der Waals surface area contributed by atoms with Crippen LogP contribution >= 0.6 is 11.8 Å². The van der Waals surface area contributed by atoms with Gasteiger partial charge < -0.3 is 5.32 Å². The number of thioether (sulfide) groups is 1. The van der Waals surface area contributed by atoms with Crippen LogP contribution in [0.2, 0.25) is 0 Å². The zero-order valence-corrected chi connectivity index (χ0v) is 11.1. The Labute approximate surface area is 111 Å². The minimum atomic E-state index is 0.626. The first-order valence-electron chi connectivity index (χ1n) is 6.18. The molecule has 1 aliphatic rings. The molecule has 1 aromatic carbocycles. The average molecular weight is 257 g/mol. The van der Waals surface area contributed by atoms with Crippen LogP contribution in [0.15, 0.2) is 41.5 Å². The summed E-state index contributed by atoms with van der Waals surface area (Å²) < 4.78 is 0. The van der Waals surface area contributed by atoms with Crippen molar-refractivity contribution >= 4 is 33.5 Å². The second-order valence-electron chi connectivity index (χ2n) is 4.34. The number of aliphatic imine (C=N–C) groups is 1. The summed E-state index contributed by atoms with van der Waals surface area (Å²) in [5.41, 5.74) is 2.03. The lowest BCUT2D eigenvalue weighted by Gasteiger charge is -2.07. The number of benzene rings is 1. The molecule has 1 N–H and O–H groups in total. The molecule has 0 saturated heterocycles. The third-order valence-electron chi connectivity index (χ3n) is 3.01. The smallest absolute Gasteiger partial charge is 0.161 e. The van der Waals surface area contributed by atoms with Gasteiger partial charge in [-0.2, -0.15) is 0 Å². The first kappa shape index (κ1) is 11.5. The van der Waals surface area contributed by atoms with E-state index in [0.29, 0.717) is 5.25 Å². The van der Waals surface area contributed by atoms with Gasteiger partial charge in [0, 0.05) is 10.6 Å². The predicted molar refractivity (Wildman–Crippen MR) is 79.3 cm³/mol. The Morgan fingerprint density at radius 2 is 2.28 bits per heavy atom. The molecule has 92 valence electrons. The van der Waals surface area contributed by atoms with Crippen molar-refractivity contribution in [3.8, 4) is 0 Å². The maximum Gasteiger partial charge on any atom is 0.161 e. The summed E-state index contributed by atoms with van der Waals surface area (Å²) in [4.78, 5) is 8.94. The highest BCUT2D eigenvalue weighted by atomic mass is 32.2. The van der Waals surface area contributed by atoms with Crippen LogP contribution in [-0.4, -0.2) is 21.9 Å². The highest BCUT2D eigenvalue weighted by Crippen LogP contribution is 2.25. The molecule has 1 aromatic heterocycles. The Kier molecular flexibility index (Phi) is 3.19. The van der Waals surface area contributed by atoms with Crippen molar-refractivity contribution in [1.82, 2.24) is 4.98 Å². The van der Waals surface area contributed by atoms with Crippen LogP contribution in [0.25, 0.3) is 10.9 Å². The molecule has 4 heteroatoms. The van der Waals surface area contributed by atoms with Gasteiger partial charge in [-0.1, -0.05) is 36.9 Å². The number of pyridine rings is 1. The molecule has 0 amide bonds. The zero-order chi connectivity index (χ0) is 12.4. The highest BCUT2D eigenvalue weighted by molar-refractivity contribution is 8.15. The summed E-state index contributed by atoms with van der Waals surface area (Å²) in [7, 11) is 0. The summed E-state index contributed by atoms with van der Waals surface area (Å²) >= 11 is 1.82. The first-order valence-corrected chi connectivity index (χ1v) is 7.06. The van der Waals surface area contributed by atoms with E-state index in [1.807, 2.05) is 36.2 Å². The first-order chi connectivity index (χ1) is 8.85. The Hall–Kier alpha value is -1.55. The molecule has 1 atom stereocenters. The Morgan fingerprint density at radius 3 is 3.11 bits per heavy atom. The number of fused-ring (bicyclic) bond motifs is 1. The van der Waals surface area contributed by atoms with Crippen LogP contribution in [0.5, 0.6) is 0 Å². The van der Waals surface area contributed by atoms with Gasteiger partial charge in [0.05, 0.1) is 23.9 Å². The minimum absolute atomic E-state index is 0.626. The molecular weight excluding hydrogens is 242 g/mol. The van der Waals surface area contributed by atoms with Gasteiger partial charge >= 0.3 is 0 Å². The molecule has 0 bridgehead atoms. The SMILES string of the molecule is CCC1CN=C(Nc2cnc3ccccc3c2)S1. The normalized spacial score (nSPS) is 18.9. The molecule has 3 rings (SSSR count). The van der Waals surface area contributed by atoms with E-state index in [1.54, 1.807) is 0 Å². The van der Waals surface area contributed by atoms with E-state index < -0.39 is 0 Å². The van der Waals surface area contributed by atoms with Crippen molar-refractivity contribution in [3.63, 3.8) is 0 Å². The number of nitrogens with zero attached hydrogens (tertiary/aromatic N) is 2. The summed E-state index contributed by atoms with van der Waals surface area (Å²) in [6.45, 7) is 3.12. The number of nitrogens with one attached hydrogen (secondary N) is 1. The van der Waals surface area contributed by atoms with Crippen molar-refractivity contribution in [2.75, 3.05) is 11.9 Å². The summed E-state index contributed by atoms with van der Waals surface area (Å²) in [6.07, 6.45) is 3.03. The van der Waals surface area contributed by atoms with Gasteiger partial charge in [0.25, 0.3) is 0 Å². The monoisotopic (exact) mass is 257 g/mol. The lowest BCUT2D eigenvalue weighted by Crippen LogP contribution is -2.07. The highest BCUT2D eigenvalue weighted by Gasteiger charge is 2.17. The van der Waals surface area contributed by atoms with E-state index in [0.717, 1.165) is 34.7 Å². The van der Waals surface area contributed by atoms with Crippen molar-refractivity contribution < 1.29 is 0 Å². The molecule has 2 aromatic rings. The topological polar surface area (TPSA) is 37.3 Å². The van der Waals surface area contributed by atoms with Gasteiger partial charge in [-0.15, -0.1) is 0 Å². The molecule has 0 fully saturated rings. The van der Waals surface area contributed by atoms with Crippen molar-refractivity contribution in [2.24, 2.45) is 4.99 Å². The Balaban J connectivity index is 1.79. The number of aromatic nitrogens is 1. The van der Waals surface area contributed by atoms with E-state index in [2.05, 4.69) is 34.3 Å². The molecule has 1 aliphatic heterocycles. The third-order valence-corrected chi connectivity index (χ3v) is 4.28. The molecular formula is C14H15N3S. The van der Waals surface area contributed by atoms with Crippen LogP contribution in [0.4, 0.5) is 5.69 Å². The fraction of sp³-hybridized carbons (Fsp3) is 0.286. The number of para-hydroxylation sites is 1. The molecule has 0 saturated carbocycles. The molecule has 2 heterocycles. The van der Waals surface area contributed by atoms with E-state index in [-0.39, 0.29) is 0 Å². The second-order valence-corrected chi connectivity index (χ2v) is 5.62. The number of hydrogen-bond donors (Lipinski definition) is 1. The van der Waals surface area contributed by atoms with Crippen LogP contribution in [0, 0.1) is 0 Å². The van der Waals surface area contributed by atoms with E-state index in [9.17, 15) is 0 Å². The molecule has 18 heavy (non-hydrogen) atoms. The fourth-order valence-electron chi connectivity index (χ4n) is 1.96. The maximum absolute atomic E-state index is 4.50. The minimum Gasteiger partial charge on any atom is -0.334 e. The largest absolute Gasteiger partial charge is 0.334 e. The van der Waals surface area contributed by atoms with E-state index in [4.69, 9.17) is 0 Å². The molecule has 3 nitrogen and oxygen atoms in total. The summed E-state index contributed by atoms with van der Waals surface area (Å²) in [5.74, 6) is 0. The average Bonchev–Trinajstić information content (AvgIpc) is 2.86. The number of rotatable bonds is 2. The summed E-state index contributed by atoms with van der Waals surface area (Å²) in [6, 6.07) is 10.2. The van der Waals surface area contributed by atoms with Gasteiger partial charge in [0.1, 0.15) is 0 Å². The summed E-state index contributed by atoms with van der Waals surface area (Å²) in [5, 5.41) is 6.14. The molecule has 1 unspecified atom stereocenters. The maximum atomic E-state index is 4.50. The van der Waals surface area contributed by atoms with E-state index >= 15 is 0 Å². The number of hydrogen-bond acceptors (Lipinski definition) is 4. The lowest BCUT2D eigenvalue weighted by atomic mass is 10.2. The lowest BCUT2D eigenvalue weighted by molar-refractivity contribution is 0.843. The van der Waals surface area contributed by atoms with Crippen LogP contribution in [0.1, 0.15) is 13.3 Å². The van der Waals surface area contributed by atoms with Crippen molar-refractivity contribution in [3.05, 3.63) is 36.5 Å². The molecule has 0 radical (unpaired) electrons. The van der Waals surface area contributed by atoms with E-state index in [1.165, 1.54) is 0 Å². The number of amidine groups is 1. The van der Waals surface area contributed by atoms with Gasteiger partial charge in [-0.25, -0.2) is 0 Å². The molecule has 0 spiro atoms. The van der Waals surface area contributed by atoms with Gasteiger partial charge in [-0.05, 0) is 18.6 Å². The standard InChI is InChI=1S/C14H15N3S/c1-2-12-9-16-14(18-12)17-11-7-10-5-3-4-6-13(10)15-8-11/h3-8,12H,2,9H2,1H3,(H,16,17). The fourth-order valence-corrected chi connectivity index (χ4v) is 2.92. The second kappa shape index (κ2) is 4.98. The predicted octanol–water partition coefficient (Wildman–Crippen LogP) is 3.53. The van der Waals surface area contributed by atoms with Crippen LogP contribution < -0.4 is 5.32 Å². The third kappa shape index (κ3) is 2.34. The Bertz CT molecular complexity index is 594. The van der Waals surface area contributed by atoms with Gasteiger partial charge in [0.15, 0.2) is 5.17 Å². The van der Waals surface area contributed by atoms with Gasteiger partial charge in [0.2, 0.25) is 0 Å². The molecule has 0 aliphatic carbocycles. The van der Waals surface area contributed by atoms with Gasteiger partial charge in [-0.3, -0.25) is 9.98 Å². The Morgan fingerprint density at radius 1 is 1.39 bits per heavy atom. The number of anilines is 1. The van der Waals surface area contributed by atoms with Crippen LogP contribution in [0.3, 0.4) is 0 Å². The van der Waals surface area contributed by atoms with Crippen LogP contribution in [-0.2, 0) is 0 Å². The van der Waals surface area contributed by atoms with Crippen molar-refractivity contribution in [2.45, 2.75) is 18.6 Å².